The third kappa shape index (κ3) is 4.43. The van der Waals surface area contributed by atoms with E-state index < -0.39 is 21.8 Å². The molecule has 1 aromatic carbocycles. The predicted molar refractivity (Wildman–Crippen MR) is 102 cm³/mol. The molecule has 10 heteroatoms. The normalized spacial score (nSPS) is 17.4. The molecule has 2 heterocycles. The lowest BCUT2D eigenvalue weighted by molar-refractivity contribution is 0.102. The number of amides is 1. The highest BCUT2D eigenvalue weighted by atomic mass is 35.5. The summed E-state index contributed by atoms with van der Waals surface area (Å²) in [6.07, 6.45) is 3.41. The van der Waals surface area contributed by atoms with Gasteiger partial charge >= 0.3 is 0 Å². The van der Waals surface area contributed by atoms with Crippen LogP contribution in [0.25, 0.3) is 0 Å². The summed E-state index contributed by atoms with van der Waals surface area (Å²) in [5.74, 6) is -0.521. The Morgan fingerprint density at radius 1 is 1.24 bits per heavy atom. The van der Waals surface area contributed by atoms with Crippen molar-refractivity contribution in [2.24, 2.45) is 5.73 Å². The van der Waals surface area contributed by atoms with Gasteiger partial charge in [0.1, 0.15) is 0 Å². The maximum absolute atomic E-state index is 12.4. The molecule has 0 aliphatic carbocycles. The molecular weight excluding hydrogens is 409 g/mol. The van der Waals surface area contributed by atoms with Crippen molar-refractivity contribution in [2.45, 2.75) is 17.4 Å². The van der Waals surface area contributed by atoms with Crippen molar-refractivity contribution >= 4 is 57.8 Å². The summed E-state index contributed by atoms with van der Waals surface area (Å²) in [6.45, 7) is 0. The Kier molecular flexibility index (Phi) is 7.22. The summed E-state index contributed by atoms with van der Waals surface area (Å²) in [4.78, 5) is 16.3. The molecule has 1 unspecified atom stereocenters. The predicted octanol–water partition coefficient (Wildman–Crippen LogP) is 3.01. The molecule has 0 saturated carbocycles. The van der Waals surface area contributed by atoms with Crippen LogP contribution in [0.5, 0.6) is 0 Å². The summed E-state index contributed by atoms with van der Waals surface area (Å²) >= 11 is 6.16. The molecule has 25 heavy (non-hydrogen) atoms. The smallest absolute Gasteiger partial charge is 0.257 e. The number of nitrogens with zero attached hydrogens (tertiary/aromatic N) is 1. The van der Waals surface area contributed by atoms with E-state index in [0.29, 0.717) is 17.7 Å². The SMILES string of the molecule is Cl.Cl.NC1CCS(=O)(=O)c2cc(C(=O)Nc3ccncc3)c(Cl)cc21. The maximum Gasteiger partial charge on any atom is 0.257 e. The summed E-state index contributed by atoms with van der Waals surface area (Å²) < 4.78 is 24.4. The molecule has 0 spiro atoms. The molecule has 3 N–H and O–H groups in total. The Labute approximate surface area is 162 Å². The van der Waals surface area contributed by atoms with Crippen molar-refractivity contribution in [3.8, 4) is 0 Å². The molecule has 1 atom stereocenters. The fourth-order valence-electron chi connectivity index (χ4n) is 2.48. The van der Waals surface area contributed by atoms with E-state index in [1.165, 1.54) is 24.5 Å². The van der Waals surface area contributed by atoms with E-state index in [1.54, 1.807) is 12.1 Å². The number of nitrogens with two attached hydrogens (primary N) is 1. The van der Waals surface area contributed by atoms with Gasteiger partial charge in [-0.1, -0.05) is 11.6 Å². The fourth-order valence-corrected chi connectivity index (χ4v) is 4.39. The molecule has 0 bridgehead atoms. The maximum atomic E-state index is 12.4. The van der Waals surface area contributed by atoms with Crippen molar-refractivity contribution in [3.05, 3.63) is 52.8 Å². The van der Waals surface area contributed by atoms with Crippen molar-refractivity contribution in [1.29, 1.82) is 0 Å². The first-order valence-electron chi connectivity index (χ1n) is 6.91. The summed E-state index contributed by atoms with van der Waals surface area (Å²) in [7, 11) is -3.45. The number of nitrogens with one attached hydrogen (secondary N) is 1. The first-order valence-corrected chi connectivity index (χ1v) is 8.94. The molecule has 3 rings (SSSR count). The van der Waals surface area contributed by atoms with Crippen LogP contribution in [0.3, 0.4) is 0 Å². The van der Waals surface area contributed by atoms with Gasteiger partial charge in [0.2, 0.25) is 0 Å². The van der Waals surface area contributed by atoms with Gasteiger partial charge in [0, 0.05) is 24.1 Å². The molecule has 0 radical (unpaired) electrons. The van der Waals surface area contributed by atoms with Gasteiger partial charge in [-0.15, -0.1) is 24.8 Å². The van der Waals surface area contributed by atoms with Crippen molar-refractivity contribution < 1.29 is 13.2 Å². The second-order valence-electron chi connectivity index (χ2n) is 5.27. The average molecular weight is 425 g/mol. The second-order valence-corrected chi connectivity index (χ2v) is 7.76. The number of benzene rings is 1. The highest BCUT2D eigenvalue weighted by Crippen LogP contribution is 2.34. The van der Waals surface area contributed by atoms with Crippen molar-refractivity contribution in [1.82, 2.24) is 4.98 Å². The van der Waals surface area contributed by atoms with E-state index in [4.69, 9.17) is 17.3 Å². The molecule has 136 valence electrons. The molecule has 1 aliphatic rings. The zero-order chi connectivity index (χ0) is 16.6. The van der Waals surface area contributed by atoms with Gasteiger partial charge in [0.25, 0.3) is 5.91 Å². The van der Waals surface area contributed by atoms with Crippen LogP contribution in [-0.2, 0) is 9.84 Å². The summed E-state index contributed by atoms with van der Waals surface area (Å²) in [6, 6.07) is 5.62. The number of pyridine rings is 1. The van der Waals surface area contributed by atoms with Crippen LogP contribution in [0, 0.1) is 0 Å². The molecule has 0 fully saturated rings. The van der Waals surface area contributed by atoms with Crippen LogP contribution in [0.2, 0.25) is 5.02 Å². The van der Waals surface area contributed by atoms with E-state index in [1.807, 2.05) is 0 Å². The Morgan fingerprint density at radius 3 is 2.52 bits per heavy atom. The lowest BCUT2D eigenvalue weighted by Crippen LogP contribution is -2.26. The number of fused-ring (bicyclic) bond motifs is 1. The standard InChI is InChI=1S/C15H14ClN3O3S.2ClH/c16-12-7-11-13(17)3-6-23(21,22)14(11)8-10(12)15(20)19-9-1-4-18-5-2-9;;/h1-2,4-5,7-8,13H,3,6,17H2,(H,18,19,20);2*1H. The van der Waals surface area contributed by atoms with Gasteiger partial charge in [-0.2, -0.15) is 0 Å². The second kappa shape index (κ2) is 8.33. The number of carbonyl (C=O) groups excluding carboxylic acids is 1. The summed E-state index contributed by atoms with van der Waals surface area (Å²) in [5.41, 5.74) is 7.05. The monoisotopic (exact) mass is 423 g/mol. The zero-order valence-electron chi connectivity index (χ0n) is 12.8. The van der Waals surface area contributed by atoms with E-state index in [0.717, 1.165) is 0 Å². The Morgan fingerprint density at radius 2 is 1.88 bits per heavy atom. The molecule has 2 aromatic rings. The van der Waals surface area contributed by atoms with Gasteiger partial charge < -0.3 is 11.1 Å². The molecule has 6 nitrogen and oxygen atoms in total. The van der Waals surface area contributed by atoms with E-state index >= 15 is 0 Å². The minimum absolute atomic E-state index is 0. The van der Waals surface area contributed by atoms with Gasteiger partial charge in [-0.05, 0) is 36.2 Å². The zero-order valence-corrected chi connectivity index (χ0v) is 16.0. The van der Waals surface area contributed by atoms with Crippen molar-refractivity contribution in [3.63, 3.8) is 0 Å². The van der Waals surface area contributed by atoms with E-state index in [9.17, 15) is 13.2 Å². The van der Waals surface area contributed by atoms with Gasteiger partial charge in [-0.3, -0.25) is 9.78 Å². The molecular formula is C15H16Cl3N3O3S. The number of carbonyl (C=O) groups is 1. The Hall–Kier alpha value is -1.38. The number of anilines is 1. The van der Waals surface area contributed by atoms with Crippen molar-refractivity contribution in [2.75, 3.05) is 11.1 Å². The van der Waals surface area contributed by atoms with Crippen LogP contribution in [0.1, 0.15) is 28.4 Å². The Bertz CT molecular complexity index is 876. The molecule has 1 aromatic heterocycles. The first kappa shape index (κ1) is 21.7. The van der Waals surface area contributed by atoms with Crippen LogP contribution in [-0.4, -0.2) is 25.1 Å². The third-order valence-electron chi connectivity index (χ3n) is 3.71. The number of aromatic nitrogens is 1. The van der Waals surface area contributed by atoms with Crippen LogP contribution < -0.4 is 11.1 Å². The van der Waals surface area contributed by atoms with Crippen LogP contribution >= 0.6 is 36.4 Å². The number of sulfone groups is 1. The average Bonchev–Trinajstić information content (AvgIpc) is 2.52. The number of rotatable bonds is 2. The first-order chi connectivity index (χ1) is 10.9. The van der Waals surface area contributed by atoms with Gasteiger partial charge in [-0.25, -0.2) is 8.42 Å². The lowest BCUT2D eigenvalue weighted by atomic mass is 10.0. The van der Waals surface area contributed by atoms with Crippen LogP contribution in [0.15, 0.2) is 41.6 Å². The number of hydrogen-bond donors (Lipinski definition) is 2. The van der Waals surface area contributed by atoms with Gasteiger partial charge in [0.15, 0.2) is 9.84 Å². The molecule has 1 aliphatic heterocycles. The van der Waals surface area contributed by atoms with E-state index in [-0.39, 0.29) is 46.0 Å². The largest absolute Gasteiger partial charge is 0.324 e. The number of hydrogen-bond acceptors (Lipinski definition) is 5. The molecule has 0 saturated heterocycles. The Balaban J connectivity index is 0.00000156. The minimum Gasteiger partial charge on any atom is -0.324 e. The molecule has 1 amide bonds. The van der Waals surface area contributed by atoms with E-state index in [2.05, 4.69) is 10.3 Å². The highest BCUT2D eigenvalue weighted by molar-refractivity contribution is 7.91. The highest BCUT2D eigenvalue weighted by Gasteiger charge is 2.30. The lowest BCUT2D eigenvalue weighted by Gasteiger charge is -2.23. The summed E-state index contributed by atoms with van der Waals surface area (Å²) in [5, 5.41) is 2.82. The third-order valence-corrected chi connectivity index (χ3v) is 5.82. The fraction of sp³-hybridized carbons (Fsp3) is 0.200. The quantitative estimate of drug-likeness (QED) is 0.771. The topological polar surface area (TPSA) is 102 Å². The van der Waals surface area contributed by atoms with Gasteiger partial charge in [0.05, 0.1) is 21.2 Å². The van der Waals surface area contributed by atoms with Crippen LogP contribution in [0.4, 0.5) is 5.69 Å². The minimum atomic E-state index is -3.45. The number of halogens is 3.